The highest BCUT2D eigenvalue weighted by Gasteiger charge is 2.30. The molecule has 6 heteroatoms. The number of hydrogen-bond acceptors (Lipinski definition) is 3. The number of nitriles is 3. The van der Waals surface area contributed by atoms with Crippen molar-refractivity contribution in [1.82, 2.24) is 13.7 Å². The molecule has 0 fully saturated rings. The van der Waals surface area contributed by atoms with Gasteiger partial charge in [0, 0.05) is 32.3 Å². The lowest BCUT2D eigenvalue weighted by Crippen LogP contribution is -2.01. The van der Waals surface area contributed by atoms with Crippen LogP contribution in [0.15, 0.2) is 170 Å². The first kappa shape index (κ1) is 32.1. The topological polar surface area (TPSA) is 86.2 Å². The fourth-order valence-electron chi connectivity index (χ4n) is 9.06. The molecule has 0 radical (unpaired) electrons. The van der Waals surface area contributed by atoms with Crippen molar-refractivity contribution in [2.45, 2.75) is 0 Å². The number of aromatic nitrogens is 3. The van der Waals surface area contributed by atoms with Crippen LogP contribution in [-0.4, -0.2) is 13.7 Å². The average Bonchev–Trinajstić information content (AvgIpc) is 3.92. The minimum absolute atomic E-state index is 0.543. The molecule has 8 aromatic carbocycles. The van der Waals surface area contributed by atoms with Gasteiger partial charge in [0.05, 0.1) is 66.9 Å². The minimum atomic E-state index is 0.543. The summed E-state index contributed by atoms with van der Waals surface area (Å²) in [5.41, 5.74) is 11.6. The molecule has 3 heterocycles. The first-order valence-corrected chi connectivity index (χ1v) is 18.7. The number of nitrogens with zero attached hydrogens (tertiary/aromatic N) is 6. The lowest BCUT2D eigenvalue weighted by atomic mass is 10.0. The number of fused-ring (bicyclic) bond motifs is 12. The molecule has 262 valence electrons. The van der Waals surface area contributed by atoms with E-state index in [2.05, 4.69) is 111 Å². The van der Waals surface area contributed by atoms with Crippen LogP contribution in [0.25, 0.3) is 93.6 Å². The van der Waals surface area contributed by atoms with Gasteiger partial charge < -0.3 is 13.7 Å². The lowest BCUT2D eigenvalue weighted by molar-refractivity contribution is 1.16. The van der Waals surface area contributed by atoms with Gasteiger partial charge in [0.2, 0.25) is 0 Å². The van der Waals surface area contributed by atoms with Crippen LogP contribution in [0.3, 0.4) is 0 Å². The van der Waals surface area contributed by atoms with Gasteiger partial charge in [-0.2, -0.15) is 15.8 Å². The second kappa shape index (κ2) is 12.3. The molecule has 0 saturated heterocycles. The SMILES string of the molecule is N#Cc1ccccc1-n1c2ccccc2c2c1c1c3ccccc3n(-c3ccc(-c4ccccc4)cc3C#N)c1c1c3ccccc3n(-c3ccccc3C#N)c21. The van der Waals surface area contributed by atoms with Crippen molar-refractivity contribution in [3.8, 4) is 46.4 Å². The average molecular weight is 725 g/mol. The van der Waals surface area contributed by atoms with Gasteiger partial charge in [-0.15, -0.1) is 0 Å². The van der Waals surface area contributed by atoms with E-state index < -0.39 is 0 Å². The van der Waals surface area contributed by atoms with Crippen molar-refractivity contribution in [3.63, 3.8) is 0 Å². The molecule has 11 rings (SSSR count). The van der Waals surface area contributed by atoms with Crippen molar-refractivity contribution in [1.29, 1.82) is 15.8 Å². The second-order valence-electron chi connectivity index (χ2n) is 14.2. The van der Waals surface area contributed by atoms with E-state index in [9.17, 15) is 15.8 Å². The maximum Gasteiger partial charge on any atom is 0.101 e. The van der Waals surface area contributed by atoms with Gasteiger partial charge in [0.1, 0.15) is 18.2 Å². The number of hydrogen-bond donors (Lipinski definition) is 0. The predicted octanol–water partition coefficient (Wildman–Crippen LogP) is 12.3. The summed E-state index contributed by atoms with van der Waals surface area (Å²) in [7, 11) is 0. The van der Waals surface area contributed by atoms with Gasteiger partial charge in [-0.1, -0.05) is 115 Å². The summed E-state index contributed by atoms with van der Waals surface area (Å²) in [5, 5.41) is 38.1. The van der Waals surface area contributed by atoms with E-state index in [1.165, 1.54) is 0 Å². The first-order chi connectivity index (χ1) is 28.2. The third-order valence-electron chi connectivity index (χ3n) is 11.3. The third-order valence-corrected chi connectivity index (χ3v) is 11.3. The van der Waals surface area contributed by atoms with Crippen molar-refractivity contribution >= 4 is 65.4 Å². The van der Waals surface area contributed by atoms with E-state index in [1.807, 2.05) is 91.0 Å². The highest BCUT2D eigenvalue weighted by atomic mass is 15.1. The van der Waals surface area contributed by atoms with E-state index in [0.717, 1.165) is 93.6 Å². The van der Waals surface area contributed by atoms with E-state index >= 15 is 0 Å². The maximum absolute atomic E-state index is 10.9. The first-order valence-electron chi connectivity index (χ1n) is 18.7. The summed E-state index contributed by atoms with van der Waals surface area (Å²) >= 11 is 0. The van der Waals surface area contributed by atoms with Crippen LogP contribution in [0.1, 0.15) is 16.7 Å². The van der Waals surface area contributed by atoms with Gasteiger partial charge in [0.25, 0.3) is 0 Å². The monoisotopic (exact) mass is 724 g/mol. The van der Waals surface area contributed by atoms with Gasteiger partial charge in [-0.25, -0.2) is 0 Å². The quantitative estimate of drug-likeness (QED) is 0.181. The molecule has 0 aliphatic rings. The van der Waals surface area contributed by atoms with Gasteiger partial charge in [-0.05, 0) is 65.7 Å². The zero-order chi connectivity index (χ0) is 38.2. The molecule has 57 heavy (non-hydrogen) atoms. The Balaban J connectivity index is 1.47. The van der Waals surface area contributed by atoms with Crippen LogP contribution in [0.2, 0.25) is 0 Å². The Kier molecular flexibility index (Phi) is 6.95. The van der Waals surface area contributed by atoms with Gasteiger partial charge in [0.15, 0.2) is 0 Å². The number of para-hydroxylation sites is 5. The summed E-state index contributed by atoms with van der Waals surface area (Å²) < 4.78 is 6.73. The summed E-state index contributed by atoms with van der Waals surface area (Å²) in [6.07, 6.45) is 0. The summed E-state index contributed by atoms with van der Waals surface area (Å²) in [6, 6.07) is 64.4. The molecule has 0 atom stereocenters. The highest BCUT2D eigenvalue weighted by molar-refractivity contribution is 6.40. The maximum atomic E-state index is 10.9. The molecule has 0 aliphatic heterocycles. The molecule has 0 N–H and O–H groups in total. The van der Waals surface area contributed by atoms with Crippen molar-refractivity contribution in [2.24, 2.45) is 0 Å². The molecule has 11 aromatic rings. The smallest absolute Gasteiger partial charge is 0.101 e. The van der Waals surface area contributed by atoms with E-state index in [1.54, 1.807) is 0 Å². The molecule has 3 aromatic heterocycles. The predicted molar refractivity (Wildman–Crippen MR) is 229 cm³/mol. The van der Waals surface area contributed by atoms with E-state index in [4.69, 9.17) is 0 Å². The Morgan fingerprint density at radius 2 is 0.684 bits per heavy atom. The van der Waals surface area contributed by atoms with Crippen molar-refractivity contribution in [3.05, 3.63) is 187 Å². The molecule has 0 aliphatic carbocycles. The fourth-order valence-corrected chi connectivity index (χ4v) is 9.06. The summed E-state index contributed by atoms with van der Waals surface area (Å²) in [4.78, 5) is 0. The van der Waals surface area contributed by atoms with Crippen molar-refractivity contribution in [2.75, 3.05) is 0 Å². The van der Waals surface area contributed by atoms with Crippen LogP contribution in [0, 0.1) is 34.0 Å². The Labute approximate surface area is 326 Å². The Morgan fingerprint density at radius 1 is 0.316 bits per heavy atom. The van der Waals surface area contributed by atoms with Gasteiger partial charge in [-0.3, -0.25) is 0 Å². The van der Waals surface area contributed by atoms with Gasteiger partial charge >= 0.3 is 0 Å². The molecule has 0 unspecified atom stereocenters. The van der Waals surface area contributed by atoms with Crippen molar-refractivity contribution < 1.29 is 0 Å². The Bertz CT molecular complexity index is 3530. The summed E-state index contributed by atoms with van der Waals surface area (Å²) in [5.74, 6) is 0. The lowest BCUT2D eigenvalue weighted by Gasteiger charge is -2.15. The standard InChI is InChI=1S/C51H28N6/c52-29-34-16-4-9-21-40(34)55-43-23-11-6-18-37(43)46-49-47(38-19-7-12-24-44(38)56(49)41-22-10-5-17-35(41)30-53)51-48(50(46)55)39-20-8-13-25-45(39)57(51)42-27-26-33(28-36(42)31-54)32-14-2-1-3-15-32/h1-28H. The minimum Gasteiger partial charge on any atom is -0.307 e. The molecular formula is C51H28N6. The molecule has 0 spiro atoms. The van der Waals surface area contributed by atoms with Crippen LogP contribution in [-0.2, 0) is 0 Å². The van der Waals surface area contributed by atoms with Crippen LogP contribution in [0.5, 0.6) is 0 Å². The normalized spacial score (nSPS) is 11.5. The van der Waals surface area contributed by atoms with Crippen LogP contribution >= 0.6 is 0 Å². The van der Waals surface area contributed by atoms with Crippen LogP contribution < -0.4 is 0 Å². The Hall–Kier alpha value is -8.37. The fraction of sp³-hybridized carbons (Fsp3) is 0. The molecule has 0 amide bonds. The highest BCUT2D eigenvalue weighted by Crippen LogP contribution is 2.50. The van der Waals surface area contributed by atoms with Crippen LogP contribution in [0.4, 0.5) is 0 Å². The Morgan fingerprint density at radius 3 is 1.12 bits per heavy atom. The zero-order valence-electron chi connectivity index (χ0n) is 30.3. The zero-order valence-corrected chi connectivity index (χ0v) is 30.3. The summed E-state index contributed by atoms with van der Waals surface area (Å²) in [6.45, 7) is 0. The molecular weight excluding hydrogens is 697 g/mol. The largest absolute Gasteiger partial charge is 0.307 e. The molecule has 0 saturated carbocycles. The second-order valence-corrected chi connectivity index (χ2v) is 14.2. The molecule has 0 bridgehead atoms. The third kappa shape index (κ3) is 4.43. The number of rotatable bonds is 4. The number of benzene rings is 8. The van der Waals surface area contributed by atoms with E-state index in [0.29, 0.717) is 16.7 Å². The molecule has 6 nitrogen and oxygen atoms in total. The van der Waals surface area contributed by atoms with E-state index in [-0.39, 0.29) is 0 Å².